The largest absolute Gasteiger partial charge is 0.340 e. The molecule has 0 aliphatic carbocycles. The molecule has 0 radical (unpaired) electrons. The Labute approximate surface area is 85.2 Å². The number of nitrogens with two attached hydrogens (primary N) is 1. The van der Waals surface area contributed by atoms with Gasteiger partial charge in [-0.05, 0) is 19.4 Å². The first-order chi connectivity index (χ1) is 6.77. The molecule has 1 heterocycles. The Hall–Kier alpha value is -1.16. The summed E-state index contributed by atoms with van der Waals surface area (Å²) in [6.45, 7) is 6.52. The van der Waals surface area contributed by atoms with Crippen LogP contribution in [0.25, 0.3) is 0 Å². The van der Waals surface area contributed by atoms with E-state index >= 15 is 0 Å². The van der Waals surface area contributed by atoms with Gasteiger partial charge in [0.15, 0.2) is 0 Å². The minimum atomic E-state index is 0.636. The molecule has 0 amide bonds. The lowest BCUT2D eigenvalue weighted by Crippen LogP contribution is -2.31. The average Bonchev–Trinajstić information content (AvgIpc) is 2.17. The molecule has 0 fully saturated rings. The molecule has 1 aromatic rings. The zero-order valence-corrected chi connectivity index (χ0v) is 8.90. The lowest BCUT2D eigenvalue weighted by molar-refractivity contribution is 0.734. The number of anilines is 1. The van der Waals surface area contributed by atoms with E-state index in [1.165, 1.54) is 0 Å². The number of hydrogen-bond acceptors (Lipinski definition) is 4. The summed E-state index contributed by atoms with van der Waals surface area (Å²) in [6.07, 6.45) is 2.87. The number of hydrogen-bond donors (Lipinski definition) is 1. The van der Waals surface area contributed by atoms with E-state index in [9.17, 15) is 0 Å². The van der Waals surface area contributed by atoms with Gasteiger partial charge >= 0.3 is 0 Å². The zero-order chi connectivity index (χ0) is 10.4. The molecule has 4 nitrogen and oxygen atoms in total. The Morgan fingerprint density at radius 2 is 2.21 bits per heavy atom. The van der Waals surface area contributed by atoms with Gasteiger partial charge in [0.25, 0.3) is 0 Å². The van der Waals surface area contributed by atoms with Gasteiger partial charge in [-0.3, -0.25) is 0 Å². The molecule has 0 atom stereocenters. The van der Waals surface area contributed by atoms with Gasteiger partial charge in [0, 0.05) is 31.5 Å². The van der Waals surface area contributed by atoms with E-state index in [0.29, 0.717) is 6.54 Å². The first kappa shape index (κ1) is 10.9. The van der Waals surface area contributed by atoms with Crippen molar-refractivity contribution >= 4 is 5.95 Å². The van der Waals surface area contributed by atoms with Gasteiger partial charge < -0.3 is 10.6 Å². The van der Waals surface area contributed by atoms with Crippen molar-refractivity contribution < 1.29 is 0 Å². The van der Waals surface area contributed by atoms with Crippen LogP contribution in [0.15, 0.2) is 12.3 Å². The van der Waals surface area contributed by atoms with Crippen LogP contribution >= 0.6 is 0 Å². The number of aryl methyl sites for hydroxylation is 1. The number of rotatable bonds is 5. The third kappa shape index (κ3) is 2.96. The summed E-state index contributed by atoms with van der Waals surface area (Å²) >= 11 is 0. The first-order valence-electron chi connectivity index (χ1n) is 5.02. The van der Waals surface area contributed by atoms with Crippen molar-refractivity contribution in [2.75, 3.05) is 24.5 Å². The second-order valence-electron chi connectivity index (χ2n) is 3.27. The highest BCUT2D eigenvalue weighted by Crippen LogP contribution is 2.06. The van der Waals surface area contributed by atoms with Crippen LogP contribution in [0.5, 0.6) is 0 Å². The maximum absolute atomic E-state index is 5.54. The molecule has 0 aromatic carbocycles. The molecule has 0 saturated heterocycles. The standard InChI is InChI=1S/C10H18N4/c1-3-7-14(8-5-11)10-12-6-4-9(2)13-10/h4,6H,3,5,7-8,11H2,1-2H3. The van der Waals surface area contributed by atoms with E-state index in [4.69, 9.17) is 5.73 Å². The highest BCUT2D eigenvalue weighted by atomic mass is 15.2. The molecule has 1 aromatic heterocycles. The van der Waals surface area contributed by atoms with Crippen LogP contribution in [0.3, 0.4) is 0 Å². The predicted molar refractivity (Wildman–Crippen MR) is 58.3 cm³/mol. The van der Waals surface area contributed by atoms with Gasteiger partial charge in [0.05, 0.1) is 0 Å². The third-order valence-corrected chi connectivity index (χ3v) is 1.96. The van der Waals surface area contributed by atoms with Crippen molar-refractivity contribution in [3.05, 3.63) is 18.0 Å². The fourth-order valence-electron chi connectivity index (χ4n) is 1.33. The summed E-state index contributed by atoms with van der Waals surface area (Å²) in [5.74, 6) is 0.789. The molecule has 4 heteroatoms. The lowest BCUT2D eigenvalue weighted by atomic mass is 10.4. The van der Waals surface area contributed by atoms with Gasteiger partial charge in [-0.2, -0.15) is 0 Å². The molecule has 0 aliphatic heterocycles. The lowest BCUT2D eigenvalue weighted by Gasteiger charge is -2.20. The maximum Gasteiger partial charge on any atom is 0.225 e. The van der Waals surface area contributed by atoms with E-state index in [0.717, 1.165) is 31.2 Å². The quantitative estimate of drug-likeness (QED) is 0.758. The first-order valence-corrected chi connectivity index (χ1v) is 5.02. The number of nitrogens with zero attached hydrogens (tertiary/aromatic N) is 3. The molecular formula is C10H18N4. The molecule has 0 saturated carbocycles. The SMILES string of the molecule is CCCN(CCN)c1nccc(C)n1. The van der Waals surface area contributed by atoms with E-state index in [1.807, 2.05) is 13.0 Å². The molecule has 2 N–H and O–H groups in total. The van der Waals surface area contributed by atoms with Crippen LogP contribution in [0.1, 0.15) is 19.0 Å². The summed E-state index contributed by atoms with van der Waals surface area (Å²) in [5.41, 5.74) is 6.53. The maximum atomic E-state index is 5.54. The van der Waals surface area contributed by atoms with Crippen molar-refractivity contribution in [3.8, 4) is 0 Å². The highest BCUT2D eigenvalue weighted by Gasteiger charge is 2.06. The van der Waals surface area contributed by atoms with E-state index in [1.54, 1.807) is 6.20 Å². The molecule has 0 bridgehead atoms. The zero-order valence-electron chi connectivity index (χ0n) is 8.90. The predicted octanol–water partition coefficient (Wildman–Crippen LogP) is 0.960. The minimum Gasteiger partial charge on any atom is -0.340 e. The third-order valence-electron chi connectivity index (χ3n) is 1.96. The number of aromatic nitrogens is 2. The van der Waals surface area contributed by atoms with Crippen LogP contribution in [0, 0.1) is 6.92 Å². The molecule has 0 spiro atoms. The molecule has 1 rings (SSSR count). The van der Waals surface area contributed by atoms with Crippen LogP contribution in [0.4, 0.5) is 5.95 Å². The average molecular weight is 194 g/mol. The summed E-state index contributed by atoms with van der Waals surface area (Å²) in [5, 5.41) is 0. The van der Waals surface area contributed by atoms with Gasteiger partial charge in [-0.1, -0.05) is 6.92 Å². The highest BCUT2D eigenvalue weighted by molar-refractivity contribution is 5.29. The van der Waals surface area contributed by atoms with E-state index in [2.05, 4.69) is 21.8 Å². The molecule has 78 valence electrons. The monoisotopic (exact) mass is 194 g/mol. The topological polar surface area (TPSA) is 55.0 Å². The Balaban J connectivity index is 2.75. The van der Waals surface area contributed by atoms with Crippen molar-refractivity contribution in [1.82, 2.24) is 9.97 Å². The van der Waals surface area contributed by atoms with Crippen molar-refractivity contribution in [2.45, 2.75) is 20.3 Å². The van der Waals surface area contributed by atoms with Gasteiger partial charge in [0.1, 0.15) is 0 Å². The van der Waals surface area contributed by atoms with E-state index in [-0.39, 0.29) is 0 Å². The van der Waals surface area contributed by atoms with Gasteiger partial charge in [-0.15, -0.1) is 0 Å². The van der Waals surface area contributed by atoms with Crippen LogP contribution < -0.4 is 10.6 Å². The molecule has 0 unspecified atom stereocenters. The second kappa shape index (κ2) is 5.54. The fraction of sp³-hybridized carbons (Fsp3) is 0.600. The van der Waals surface area contributed by atoms with Crippen molar-refractivity contribution in [3.63, 3.8) is 0 Å². The van der Waals surface area contributed by atoms with Crippen LogP contribution in [0.2, 0.25) is 0 Å². The fourth-order valence-corrected chi connectivity index (χ4v) is 1.33. The van der Waals surface area contributed by atoms with Gasteiger partial charge in [-0.25, -0.2) is 9.97 Å². The smallest absolute Gasteiger partial charge is 0.225 e. The second-order valence-corrected chi connectivity index (χ2v) is 3.27. The Morgan fingerprint density at radius 3 is 2.79 bits per heavy atom. The van der Waals surface area contributed by atoms with Crippen molar-refractivity contribution in [1.29, 1.82) is 0 Å². The molecule has 0 aliphatic rings. The van der Waals surface area contributed by atoms with Crippen LogP contribution in [-0.4, -0.2) is 29.6 Å². The Morgan fingerprint density at radius 1 is 1.43 bits per heavy atom. The summed E-state index contributed by atoms with van der Waals surface area (Å²) in [7, 11) is 0. The molecular weight excluding hydrogens is 176 g/mol. The minimum absolute atomic E-state index is 0.636. The van der Waals surface area contributed by atoms with Crippen LogP contribution in [-0.2, 0) is 0 Å². The summed E-state index contributed by atoms with van der Waals surface area (Å²) < 4.78 is 0. The Kier molecular flexibility index (Phi) is 4.32. The van der Waals surface area contributed by atoms with Crippen molar-refractivity contribution in [2.24, 2.45) is 5.73 Å². The summed E-state index contributed by atoms with van der Waals surface area (Å²) in [6, 6.07) is 1.90. The Bertz CT molecular complexity index is 269. The van der Waals surface area contributed by atoms with Gasteiger partial charge in [0.2, 0.25) is 5.95 Å². The molecule has 14 heavy (non-hydrogen) atoms. The van der Waals surface area contributed by atoms with E-state index < -0.39 is 0 Å². The normalized spacial score (nSPS) is 10.2. The summed E-state index contributed by atoms with van der Waals surface area (Å²) in [4.78, 5) is 10.7.